The van der Waals surface area contributed by atoms with Gasteiger partial charge in [0.2, 0.25) is 11.8 Å². The van der Waals surface area contributed by atoms with Crippen LogP contribution in [0.2, 0.25) is 0 Å². The molecule has 1 N–H and O–H groups in total. The summed E-state index contributed by atoms with van der Waals surface area (Å²) in [6.45, 7) is 11.3. The summed E-state index contributed by atoms with van der Waals surface area (Å²) in [5, 5.41) is 3.00. The Labute approximate surface area is 145 Å². The minimum atomic E-state index is -0.398. The lowest BCUT2D eigenvalue weighted by Gasteiger charge is -2.35. The van der Waals surface area contributed by atoms with Crippen LogP contribution < -0.4 is 5.32 Å². The van der Waals surface area contributed by atoms with Crippen molar-refractivity contribution in [2.45, 2.75) is 53.4 Å². The van der Waals surface area contributed by atoms with E-state index < -0.39 is 5.41 Å². The molecule has 4 nitrogen and oxygen atoms in total. The minimum Gasteiger partial charge on any atom is -0.341 e. The Balaban J connectivity index is 1.98. The van der Waals surface area contributed by atoms with Crippen molar-refractivity contribution in [3.05, 3.63) is 29.8 Å². The van der Waals surface area contributed by atoms with E-state index in [0.717, 1.165) is 25.1 Å². The van der Waals surface area contributed by atoms with Crippen LogP contribution in [0.15, 0.2) is 24.3 Å². The quantitative estimate of drug-likeness (QED) is 0.909. The average molecular weight is 330 g/mol. The standard InChI is InChI=1S/C20H30N2O2/c1-14(2)15-8-10-17(11-9-15)21-18(23)16-7-6-12-22(13-16)19(24)20(3,4)5/h8-11,14,16H,6-7,12-13H2,1-5H3,(H,21,23). The van der Waals surface area contributed by atoms with Gasteiger partial charge >= 0.3 is 0 Å². The van der Waals surface area contributed by atoms with Crippen molar-refractivity contribution >= 4 is 17.5 Å². The highest BCUT2D eigenvalue weighted by molar-refractivity contribution is 5.93. The van der Waals surface area contributed by atoms with Crippen LogP contribution in [-0.4, -0.2) is 29.8 Å². The second-order valence-electron chi connectivity index (χ2n) is 8.11. The van der Waals surface area contributed by atoms with Crippen molar-refractivity contribution < 1.29 is 9.59 Å². The van der Waals surface area contributed by atoms with Gasteiger partial charge in [-0.25, -0.2) is 0 Å². The zero-order valence-corrected chi connectivity index (χ0v) is 15.6. The Morgan fingerprint density at radius 2 is 1.79 bits per heavy atom. The minimum absolute atomic E-state index is 0.0127. The topological polar surface area (TPSA) is 49.4 Å². The smallest absolute Gasteiger partial charge is 0.229 e. The number of amides is 2. The molecule has 0 aromatic heterocycles. The Bertz CT molecular complexity index is 585. The van der Waals surface area contributed by atoms with Crippen LogP contribution in [0.4, 0.5) is 5.69 Å². The maximum Gasteiger partial charge on any atom is 0.229 e. The molecule has 1 saturated heterocycles. The predicted molar refractivity (Wildman–Crippen MR) is 97.9 cm³/mol. The summed E-state index contributed by atoms with van der Waals surface area (Å²) < 4.78 is 0. The number of carbonyl (C=O) groups is 2. The van der Waals surface area contributed by atoms with E-state index >= 15 is 0 Å². The van der Waals surface area contributed by atoms with Gasteiger partial charge < -0.3 is 10.2 Å². The van der Waals surface area contributed by atoms with E-state index in [-0.39, 0.29) is 17.7 Å². The molecule has 1 atom stereocenters. The van der Waals surface area contributed by atoms with Gasteiger partial charge in [0.1, 0.15) is 0 Å². The highest BCUT2D eigenvalue weighted by atomic mass is 16.2. The largest absolute Gasteiger partial charge is 0.341 e. The number of anilines is 1. The fourth-order valence-corrected chi connectivity index (χ4v) is 3.05. The van der Waals surface area contributed by atoms with Gasteiger partial charge in [0.25, 0.3) is 0 Å². The summed E-state index contributed by atoms with van der Waals surface area (Å²) >= 11 is 0. The van der Waals surface area contributed by atoms with Gasteiger partial charge in [0, 0.05) is 24.2 Å². The van der Waals surface area contributed by atoms with Gasteiger partial charge in [0.15, 0.2) is 0 Å². The summed E-state index contributed by atoms with van der Waals surface area (Å²) in [5.74, 6) is 0.486. The fourth-order valence-electron chi connectivity index (χ4n) is 3.05. The lowest BCUT2D eigenvalue weighted by Crippen LogP contribution is -2.47. The molecular formula is C20H30N2O2. The van der Waals surface area contributed by atoms with E-state index in [1.165, 1.54) is 5.56 Å². The van der Waals surface area contributed by atoms with Crippen LogP contribution in [0.3, 0.4) is 0 Å². The monoisotopic (exact) mass is 330 g/mol. The van der Waals surface area contributed by atoms with Gasteiger partial charge in [-0.1, -0.05) is 46.8 Å². The molecule has 1 unspecified atom stereocenters. The van der Waals surface area contributed by atoms with E-state index in [9.17, 15) is 9.59 Å². The van der Waals surface area contributed by atoms with Gasteiger partial charge in [-0.05, 0) is 36.5 Å². The van der Waals surface area contributed by atoms with Gasteiger partial charge in [-0.3, -0.25) is 9.59 Å². The third kappa shape index (κ3) is 4.59. The molecule has 2 rings (SSSR count). The van der Waals surface area contributed by atoms with Crippen LogP contribution in [0.5, 0.6) is 0 Å². The molecule has 1 aromatic rings. The Morgan fingerprint density at radius 1 is 1.17 bits per heavy atom. The van der Waals surface area contributed by atoms with Crippen LogP contribution in [0, 0.1) is 11.3 Å². The molecule has 1 aromatic carbocycles. The lowest BCUT2D eigenvalue weighted by atomic mass is 9.91. The maximum absolute atomic E-state index is 12.6. The van der Waals surface area contributed by atoms with Crippen LogP contribution in [0.1, 0.15) is 58.9 Å². The predicted octanol–water partition coefficient (Wildman–Crippen LogP) is 4.03. The summed E-state index contributed by atoms with van der Waals surface area (Å²) in [4.78, 5) is 26.8. The SMILES string of the molecule is CC(C)c1ccc(NC(=O)C2CCCN(C(=O)C(C)(C)C)C2)cc1. The molecule has 1 aliphatic heterocycles. The Kier molecular flexibility index (Phi) is 5.68. The van der Waals surface area contributed by atoms with Gasteiger partial charge in [-0.2, -0.15) is 0 Å². The molecule has 0 aliphatic carbocycles. The summed E-state index contributed by atoms with van der Waals surface area (Å²) in [7, 11) is 0. The molecule has 1 aliphatic rings. The zero-order valence-electron chi connectivity index (χ0n) is 15.6. The molecule has 24 heavy (non-hydrogen) atoms. The first kappa shape index (κ1) is 18.5. The van der Waals surface area contributed by atoms with E-state index in [2.05, 4.69) is 31.3 Å². The van der Waals surface area contributed by atoms with Crippen LogP contribution in [0.25, 0.3) is 0 Å². The van der Waals surface area contributed by atoms with Gasteiger partial charge in [0.05, 0.1) is 5.92 Å². The number of carbonyl (C=O) groups excluding carboxylic acids is 2. The second kappa shape index (κ2) is 7.37. The molecule has 4 heteroatoms. The zero-order chi connectivity index (χ0) is 17.9. The molecule has 1 fully saturated rings. The number of benzene rings is 1. The number of nitrogens with one attached hydrogen (secondary N) is 1. The Hall–Kier alpha value is -1.84. The van der Waals surface area contributed by atoms with Crippen LogP contribution in [-0.2, 0) is 9.59 Å². The van der Waals surface area contributed by atoms with Crippen LogP contribution >= 0.6 is 0 Å². The summed E-state index contributed by atoms with van der Waals surface area (Å²) in [5.41, 5.74) is 1.68. The maximum atomic E-state index is 12.6. The highest BCUT2D eigenvalue weighted by Crippen LogP contribution is 2.25. The molecule has 132 valence electrons. The third-order valence-electron chi connectivity index (χ3n) is 4.57. The molecule has 0 bridgehead atoms. The summed E-state index contributed by atoms with van der Waals surface area (Å²) in [6.07, 6.45) is 1.72. The highest BCUT2D eigenvalue weighted by Gasteiger charge is 2.33. The Morgan fingerprint density at radius 3 is 2.33 bits per heavy atom. The first-order valence-electron chi connectivity index (χ1n) is 8.88. The summed E-state index contributed by atoms with van der Waals surface area (Å²) in [6, 6.07) is 8.01. The fraction of sp³-hybridized carbons (Fsp3) is 0.600. The number of piperidine rings is 1. The molecule has 0 spiro atoms. The van der Waals surface area contributed by atoms with Crippen molar-refractivity contribution in [2.24, 2.45) is 11.3 Å². The number of rotatable bonds is 3. The average Bonchev–Trinajstić information content (AvgIpc) is 2.54. The van der Waals surface area contributed by atoms with E-state index in [1.807, 2.05) is 37.8 Å². The van der Waals surface area contributed by atoms with Crippen molar-refractivity contribution in [2.75, 3.05) is 18.4 Å². The third-order valence-corrected chi connectivity index (χ3v) is 4.57. The number of nitrogens with zero attached hydrogens (tertiary/aromatic N) is 1. The first-order valence-corrected chi connectivity index (χ1v) is 8.88. The number of hydrogen-bond donors (Lipinski definition) is 1. The molecule has 2 amide bonds. The van der Waals surface area contributed by atoms with E-state index in [1.54, 1.807) is 0 Å². The normalized spacial score (nSPS) is 18.6. The first-order chi connectivity index (χ1) is 11.2. The molecule has 1 heterocycles. The molecule has 0 saturated carbocycles. The van der Waals surface area contributed by atoms with E-state index in [4.69, 9.17) is 0 Å². The molecular weight excluding hydrogens is 300 g/mol. The second-order valence-corrected chi connectivity index (χ2v) is 8.11. The van der Waals surface area contributed by atoms with Crippen molar-refractivity contribution in [3.63, 3.8) is 0 Å². The van der Waals surface area contributed by atoms with E-state index in [0.29, 0.717) is 12.5 Å². The van der Waals surface area contributed by atoms with Crippen molar-refractivity contribution in [3.8, 4) is 0 Å². The van der Waals surface area contributed by atoms with Gasteiger partial charge in [-0.15, -0.1) is 0 Å². The van der Waals surface area contributed by atoms with Crippen molar-refractivity contribution in [1.82, 2.24) is 4.90 Å². The lowest BCUT2D eigenvalue weighted by molar-refractivity contribution is -0.142. The molecule has 0 radical (unpaired) electrons. The van der Waals surface area contributed by atoms with Crippen molar-refractivity contribution in [1.29, 1.82) is 0 Å². The number of hydrogen-bond acceptors (Lipinski definition) is 2. The number of likely N-dealkylation sites (tertiary alicyclic amines) is 1.